The Balaban J connectivity index is 2.38. The third-order valence-electron chi connectivity index (χ3n) is 4.03. The van der Waals surface area contributed by atoms with Crippen molar-refractivity contribution in [3.05, 3.63) is 23.8 Å². The molecule has 0 spiro atoms. The summed E-state index contributed by atoms with van der Waals surface area (Å²) in [4.78, 5) is 13.6. The van der Waals surface area contributed by atoms with Crippen molar-refractivity contribution in [1.82, 2.24) is 0 Å². The van der Waals surface area contributed by atoms with Gasteiger partial charge in [0.15, 0.2) is 0 Å². The summed E-state index contributed by atoms with van der Waals surface area (Å²) in [5.41, 5.74) is 13.3. The van der Waals surface area contributed by atoms with Crippen molar-refractivity contribution >= 4 is 17.3 Å². The molecule has 1 aliphatic heterocycles. The highest BCUT2D eigenvalue weighted by Crippen LogP contribution is 2.33. The molecule has 4 nitrogen and oxygen atoms in total. The number of para-hydroxylation sites is 1. The molecule has 2 rings (SSSR count). The fraction of sp³-hybridized carbons (Fsp3) is 0.500. The summed E-state index contributed by atoms with van der Waals surface area (Å²) >= 11 is 0. The second kappa shape index (κ2) is 4.88. The number of anilines is 2. The number of amides is 1. The highest BCUT2D eigenvalue weighted by atomic mass is 16.1. The van der Waals surface area contributed by atoms with Crippen LogP contribution in [0, 0.1) is 5.92 Å². The lowest BCUT2D eigenvalue weighted by molar-refractivity contribution is 0.100. The van der Waals surface area contributed by atoms with Crippen LogP contribution < -0.4 is 16.4 Å². The average molecular weight is 247 g/mol. The van der Waals surface area contributed by atoms with E-state index in [4.69, 9.17) is 11.5 Å². The number of nitrogens with two attached hydrogens (primary N) is 2. The van der Waals surface area contributed by atoms with Gasteiger partial charge in [0.1, 0.15) is 0 Å². The van der Waals surface area contributed by atoms with Crippen LogP contribution in [-0.4, -0.2) is 18.5 Å². The minimum absolute atomic E-state index is 0.415. The molecule has 1 saturated heterocycles. The Hall–Kier alpha value is -1.71. The van der Waals surface area contributed by atoms with Crippen LogP contribution in [0.3, 0.4) is 0 Å². The zero-order valence-corrected chi connectivity index (χ0v) is 11.0. The molecule has 0 saturated carbocycles. The van der Waals surface area contributed by atoms with Crippen LogP contribution in [0.2, 0.25) is 0 Å². The minimum Gasteiger partial charge on any atom is -0.396 e. The first kappa shape index (κ1) is 12.7. The summed E-state index contributed by atoms with van der Waals surface area (Å²) in [6, 6.07) is 5.93. The maximum Gasteiger partial charge on any atom is 0.250 e. The molecule has 1 heterocycles. The topological polar surface area (TPSA) is 72.3 Å². The molecule has 1 aromatic rings. The zero-order chi connectivity index (χ0) is 13.3. The lowest BCUT2D eigenvalue weighted by Gasteiger charge is -2.40. The molecular formula is C14H21N3O. The number of primary amides is 1. The predicted octanol–water partition coefficient (Wildman–Crippen LogP) is 1.99. The van der Waals surface area contributed by atoms with Gasteiger partial charge in [0.25, 0.3) is 5.91 Å². The third kappa shape index (κ3) is 2.15. The van der Waals surface area contributed by atoms with Gasteiger partial charge in [0.2, 0.25) is 0 Å². The van der Waals surface area contributed by atoms with Gasteiger partial charge in [-0.1, -0.05) is 13.0 Å². The van der Waals surface area contributed by atoms with Gasteiger partial charge in [-0.2, -0.15) is 0 Å². The molecule has 1 aromatic carbocycles. The molecule has 0 bridgehead atoms. The number of benzene rings is 1. The number of hydrogen-bond donors (Lipinski definition) is 2. The summed E-state index contributed by atoms with van der Waals surface area (Å²) in [5, 5.41) is 0. The lowest BCUT2D eigenvalue weighted by Crippen LogP contribution is -2.43. The van der Waals surface area contributed by atoms with Gasteiger partial charge in [0.05, 0.1) is 16.9 Å². The van der Waals surface area contributed by atoms with Gasteiger partial charge in [-0.15, -0.1) is 0 Å². The summed E-state index contributed by atoms with van der Waals surface area (Å²) in [7, 11) is 0. The van der Waals surface area contributed by atoms with Gasteiger partial charge in [0, 0.05) is 12.6 Å². The van der Waals surface area contributed by atoms with Crippen molar-refractivity contribution in [2.24, 2.45) is 11.7 Å². The van der Waals surface area contributed by atoms with E-state index in [9.17, 15) is 4.79 Å². The highest BCUT2D eigenvalue weighted by Gasteiger charge is 2.26. The van der Waals surface area contributed by atoms with Gasteiger partial charge < -0.3 is 16.4 Å². The van der Waals surface area contributed by atoms with E-state index in [1.807, 2.05) is 12.1 Å². The average Bonchev–Trinajstić information content (AvgIpc) is 2.33. The molecular weight excluding hydrogens is 226 g/mol. The largest absolute Gasteiger partial charge is 0.396 e. The van der Waals surface area contributed by atoms with Crippen LogP contribution in [-0.2, 0) is 0 Å². The van der Waals surface area contributed by atoms with Crippen LogP contribution in [0.25, 0.3) is 0 Å². The Kier molecular flexibility index (Phi) is 3.45. The number of piperidine rings is 1. The van der Waals surface area contributed by atoms with E-state index in [-0.39, 0.29) is 0 Å². The minimum atomic E-state index is -0.466. The molecule has 18 heavy (non-hydrogen) atoms. The highest BCUT2D eigenvalue weighted by molar-refractivity contribution is 6.00. The third-order valence-corrected chi connectivity index (χ3v) is 4.03. The van der Waals surface area contributed by atoms with Crippen molar-refractivity contribution in [3.8, 4) is 0 Å². The molecule has 4 N–H and O–H groups in total. The predicted molar refractivity (Wildman–Crippen MR) is 74.6 cm³/mol. The van der Waals surface area contributed by atoms with Crippen molar-refractivity contribution < 1.29 is 4.79 Å². The molecule has 0 aliphatic carbocycles. The smallest absolute Gasteiger partial charge is 0.250 e. The van der Waals surface area contributed by atoms with Crippen molar-refractivity contribution in [3.63, 3.8) is 0 Å². The van der Waals surface area contributed by atoms with E-state index in [0.29, 0.717) is 23.2 Å². The zero-order valence-electron chi connectivity index (χ0n) is 11.0. The van der Waals surface area contributed by atoms with Gasteiger partial charge in [-0.25, -0.2) is 0 Å². The molecule has 1 aliphatic rings. The van der Waals surface area contributed by atoms with E-state index >= 15 is 0 Å². The van der Waals surface area contributed by atoms with E-state index in [2.05, 4.69) is 18.7 Å². The Morgan fingerprint density at radius 2 is 2.11 bits per heavy atom. The van der Waals surface area contributed by atoms with E-state index in [1.165, 1.54) is 6.42 Å². The molecule has 0 radical (unpaired) electrons. The Morgan fingerprint density at radius 1 is 1.39 bits per heavy atom. The first-order valence-electron chi connectivity index (χ1n) is 6.47. The van der Waals surface area contributed by atoms with Crippen molar-refractivity contribution in [1.29, 1.82) is 0 Å². The van der Waals surface area contributed by atoms with Gasteiger partial charge in [-0.05, 0) is 37.8 Å². The summed E-state index contributed by atoms with van der Waals surface area (Å²) in [5.74, 6) is 0.169. The summed E-state index contributed by atoms with van der Waals surface area (Å²) in [6.45, 7) is 5.45. The second-order valence-electron chi connectivity index (χ2n) is 5.16. The second-order valence-corrected chi connectivity index (χ2v) is 5.16. The Labute approximate surface area is 108 Å². The fourth-order valence-electron chi connectivity index (χ4n) is 2.69. The number of nitrogens with zero attached hydrogens (tertiary/aromatic N) is 1. The number of hydrogen-bond acceptors (Lipinski definition) is 3. The number of rotatable bonds is 2. The van der Waals surface area contributed by atoms with Crippen LogP contribution in [0.5, 0.6) is 0 Å². The van der Waals surface area contributed by atoms with Crippen LogP contribution >= 0.6 is 0 Å². The molecule has 2 unspecified atom stereocenters. The maximum absolute atomic E-state index is 11.3. The van der Waals surface area contributed by atoms with Gasteiger partial charge in [-0.3, -0.25) is 4.79 Å². The Morgan fingerprint density at radius 3 is 2.78 bits per heavy atom. The van der Waals surface area contributed by atoms with Crippen LogP contribution in [0.15, 0.2) is 18.2 Å². The van der Waals surface area contributed by atoms with Gasteiger partial charge >= 0.3 is 0 Å². The van der Waals surface area contributed by atoms with Crippen molar-refractivity contribution in [2.45, 2.75) is 32.7 Å². The SMILES string of the molecule is CC1CCCN(c2cccc(C(N)=O)c2N)C1C. The molecule has 1 fully saturated rings. The number of nitrogen functional groups attached to an aromatic ring is 1. The van der Waals surface area contributed by atoms with Crippen LogP contribution in [0.1, 0.15) is 37.0 Å². The number of carbonyl (C=O) groups is 1. The first-order chi connectivity index (χ1) is 8.52. The summed E-state index contributed by atoms with van der Waals surface area (Å²) in [6.07, 6.45) is 2.40. The fourth-order valence-corrected chi connectivity index (χ4v) is 2.69. The lowest BCUT2D eigenvalue weighted by atomic mass is 9.91. The maximum atomic E-state index is 11.3. The van der Waals surface area contributed by atoms with Crippen LogP contribution in [0.4, 0.5) is 11.4 Å². The van der Waals surface area contributed by atoms with E-state index in [0.717, 1.165) is 18.7 Å². The monoisotopic (exact) mass is 247 g/mol. The molecule has 2 atom stereocenters. The normalized spacial score (nSPS) is 24.0. The molecule has 4 heteroatoms. The standard InChI is InChI=1S/C14H21N3O/c1-9-5-4-8-17(10(9)2)12-7-3-6-11(13(12)15)14(16)18/h3,6-7,9-10H,4-5,8,15H2,1-2H3,(H2,16,18). The number of carbonyl (C=O) groups excluding carboxylic acids is 1. The quantitative estimate of drug-likeness (QED) is 0.785. The van der Waals surface area contributed by atoms with E-state index in [1.54, 1.807) is 6.07 Å². The van der Waals surface area contributed by atoms with Crippen molar-refractivity contribution in [2.75, 3.05) is 17.2 Å². The Bertz CT molecular complexity index is 458. The molecule has 0 aromatic heterocycles. The molecule has 98 valence electrons. The first-order valence-corrected chi connectivity index (χ1v) is 6.47. The summed E-state index contributed by atoms with van der Waals surface area (Å²) < 4.78 is 0. The van der Waals surface area contributed by atoms with E-state index < -0.39 is 5.91 Å². The molecule has 1 amide bonds.